The molecule has 96 valence electrons. The van der Waals surface area contributed by atoms with Gasteiger partial charge in [0.1, 0.15) is 0 Å². The highest BCUT2D eigenvalue weighted by Crippen LogP contribution is 2.04. The number of hydrogen-bond donors (Lipinski definition) is 1. The molecule has 0 spiro atoms. The molecule has 1 unspecified atom stereocenters. The van der Waals surface area contributed by atoms with Gasteiger partial charge in [0.05, 0.1) is 13.6 Å². The molecular formula is C13H19N5. The van der Waals surface area contributed by atoms with Gasteiger partial charge < -0.3 is 5.32 Å². The number of hydrogen-bond acceptors (Lipinski definition) is 4. The average Bonchev–Trinajstić information content (AvgIpc) is 2.81. The van der Waals surface area contributed by atoms with Gasteiger partial charge >= 0.3 is 0 Å². The summed E-state index contributed by atoms with van der Waals surface area (Å²) in [6.07, 6.45) is 2.19. The Morgan fingerprint density at radius 2 is 2.06 bits per heavy atom. The molecule has 0 amide bonds. The first kappa shape index (κ1) is 12.7. The Hall–Kier alpha value is -1.75. The van der Waals surface area contributed by atoms with Crippen LogP contribution in [0.4, 0.5) is 0 Å². The zero-order valence-electron chi connectivity index (χ0n) is 10.9. The molecule has 1 aromatic heterocycles. The molecule has 2 aromatic rings. The van der Waals surface area contributed by atoms with E-state index in [2.05, 4.69) is 51.9 Å². The number of nitrogens with one attached hydrogen (secondary N) is 1. The number of aryl methyl sites for hydroxylation is 2. The van der Waals surface area contributed by atoms with Crippen LogP contribution < -0.4 is 5.32 Å². The van der Waals surface area contributed by atoms with Gasteiger partial charge in [0.25, 0.3) is 0 Å². The minimum absolute atomic E-state index is 0.439. The normalized spacial score (nSPS) is 12.6. The van der Waals surface area contributed by atoms with Crippen LogP contribution in [-0.2, 0) is 20.0 Å². The predicted molar refractivity (Wildman–Crippen MR) is 69.9 cm³/mol. The number of aromatic nitrogens is 4. The van der Waals surface area contributed by atoms with Crippen molar-refractivity contribution >= 4 is 0 Å². The van der Waals surface area contributed by atoms with Crippen molar-refractivity contribution in [2.75, 3.05) is 0 Å². The van der Waals surface area contributed by atoms with Crippen molar-refractivity contribution in [1.82, 2.24) is 25.5 Å². The maximum atomic E-state index is 4.13. The molecule has 0 saturated carbocycles. The van der Waals surface area contributed by atoms with Crippen LogP contribution in [0.3, 0.4) is 0 Å². The third-order valence-electron chi connectivity index (χ3n) is 2.87. The van der Waals surface area contributed by atoms with Crippen molar-refractivity contribution in [1.29, 1.82) is 0 Å². The lowest BCUT2D eigenvalue weighted by molar-refractivity contribution is 0.503. The third kappa shape index (κ3) is 3.92. The van der Waals surface area contributed by atoms with E-state index in [0.717, 1.165) is 18.7 Å². The standard InChI is InChI=1S/C13H19N5/c1-11(8-9-12-6-4-3-5-7-12)14-10-13-15-17-18(2)16-13/h3-7,11,14H,8-10H2,1-2H3. The lowest BCUT2D eigenvalue weighted by atomic mass is 10.1. The molecule has 0 saturated heterocycles. The Labute approximate surface area is 107 Å². The third-order valence-corrected chi connectivity index (χ3v) is 2.87. The van der Waals surface area contributed by atoms with Crippen LogP contribution in [0.1, 0.15) is 24.7 Å². The van der Waals surface area contributed by atoms with Crippen LogP contribution >= 0.6 is 0 Å². The summed E-state index contributed by atoms with van der Waals surface area (Å²) in [5, 5.41) is 15.3. The minimum atomic E-state index is 0.439. The molecule has 1 aromatic carbocycles. The highest BCUT2D eigenvalue weighted by Gasteiger charge is 2.05. The maximum absolute atomic E-state index is 4.13. The molecule has 0 aliphatic heterocycles. The van der Waals surface area contributed by atoms with E-state index in [1.54, 1.807) is 7.05 Å². The topological polar surface area (TPSA) is 55.6 Å². The summed E-state index contributed by atoms with van der Waals surface area (Å²) in [5.41, 5.74) is 1.38. The second-order valence-electron chi connectivity index (χ2n) is 4.50. The van der Waals surface area contributed by atoms with E-state index in [1.807, 2.05) is 6.07 Å². The fraction of sp³-hybridized carbons (Fsp3) is 0.462. The van der Waals surface area contributed by atoms with Gasteiger partial charge in [0.2, 0.25) is 0 Å². The summed E-state index contributed by atoms with van der Waals surface area (Å²) >= 11 is 0. The van der Waals surface area contributed by atoms with Crippen molar-refractivity contribution in [3.63, 3.8) is 0 Å². The van der Waals surface area contributed by atoms with E-state index in [-0.39, 0.29) is 0 Å². The van der Waals surface area contributed by atoms with Crippen molar-refractivity contribution in [3.05, 3.63) is 41.7 Å². The molecular weight excluding hydrogens is 226 g/mol. The van der Waals surface area contributed by atoms with Crippen LogP contribution in [-0.4, -0.2) is 26.2 Å². The predicted octanol–water partition coefficient (Wildman–Crippen LogP) is 1.32. The number of tetrazole rings is 1. The fourth-order valence-electron chi connectivity index (χ4n) is 1.79. The van der Waals surface area contributed by atoms with Crippen LogP contribution in [0.15, 0.2) is 30.3 Å². The highest BCUT2D eigenvalue weighted by atomic mass is 15.6. The highest BCUT2D eigenvalue weighted by molar-refractivity contribution is 5.14. The largest absolute Gasteiger partial charge is 0.307 e. The van der Waals surface area contributed by atoms with Crippen LogP contribution in [0.2, 0.25) is 0 Å². The lowest BCUT2D eigenvalue weighted by Crippen LogP contribution is -2.26. The summed E-state index contributed by atoms with van der Waals surface area (Å²) in [6, 6.07) is 11.0. The van der Waals surface area contributed by atoms with Gasteiger partial charge in [-0.05, 0) is 30.5 Å². The van der Waals surface area contributed by atoms with Gasteiger partial charge in [0, 0.05) is 6.04 Å². The smallest absolute Gasteiger partial charge is 0.188 e. The molecule has 0 radical (unpaired) electrons. The van der Waals surface area contributed by atoms with E-state index in [0.29, 0.717) is 12.6 Å². The van der Waals surface area contributed by atoms with Crippen molar-refractivity contribution < 1.29 is 0 Å². The molecule has 1 heterocycles. The van der Waals surface area contributed by atoms with Gasteiger partial charge in [-0.3, -0.25) is 0 Å². The monoisotopic (exact) mass is 245 g/mol. The van der Waals surface area contributed by atoms with Crippen LogP contribution in [0.25, 0.3) is 0 Å². The average molecular weight is 245 g/mol. The van der Waals surface area contributed by atoms with E-state index in [1.165, 1.54) is 10.4 Å². The summed E-state index contributed by atoms with van der Waals surface area (Å²) in [6.45, 7) is 2.85. The Bertz CT molecular complexity index is 465. The van der Waals surface area contributed by atoms with E-state index >= 15 is 0 Å². The van der Waals surface area contributed by atoms with Crippen molar-refractivity contribution in [3.8, 4) is 0 Å². The Morgan fingerprint density at radius 1 is 1.28 bits per heavy atom. The zero-order valence-corrected chi connectivity index (χ0v) is 10.9. The quantitative estimate of drug-likeness (QED) is 0.834. The van der Waals surface area contributed by atoms with E-state index in [4.69, 9.17) is 0 Å². The summed E-state index contributed by atoms with van der Waals surface area (Å²) < 4.78 is 0. The first-order valence-electron chi connectivity index (χ1n) is 6.24. The van der Waals surface area contributed by atoms with Gasteiger partial charge in [0.15, 0.2) is 5.82 Å². The number of benzene rings is 1. The fourth-order valence-corrected chi connectivity index (χ4v) is 1.79. The number of nitrogens with zero attached hydrogens (tertiary/aromatic N) is 4. The van der Waals surface area contributed by atoms with Gasteiger partial charge in [-0.15, -0.1) is 10.2 Å². The molecule has 0 aliphatic carbocycles. The Morgan fingerprint density at radius 3 is 2.72 bits per heavy atom. The number of rotatable bonds is 6. The first-order chi connectivity index (χ1) is 8.74. The molecule has 0 fully saturated rings. The first-order valence-corrected chi connectivity index (χ1v) is 6.24. The molecule has 1 N–H and O–H groups in total. The second-order valence-corrected chi connectivity index (χ2v) is 4.50. The molecule has 1 atom stereocenters. The summed E-state index contributed by atoms with van der Waals surface area (Å²) in [4.78, 5) is 1.48. The Kier molecular flexibility index (Phi) is 4.41. The SMILES string of the molecule is CC(CCc1ccccc1)NCc1nnn(C)n1. The van der Waals surface area contributed by atoms with Gasteiger partial charge in [-0.25, -0.2) is 0 Å². The Balaban J connectivity index is 1.71. The zero-order chi connectivity index (χ0) is 12.8. The minimum Gasteiger partial charge on any atom is -0.307 e. The van der Waals surface area contributed by atoms with E-state index < -0.39 is 0 Å². The molecule has 5 nitrogen and oxygen atoms in total. The molecule has 18 heavy (non-hydrogen) atoms. The summed E-state index contributed by atoms with van der Waals surface area (Å²) in [5.74, 6) is 0.740. The van der Waals surface area contributed by atoms with Crippen molar-refractivity contribution in [2.45, 2.75) is 32.4 Å². The van der Waals surface area contributed by atoms with Crippen LogP contribution in [0.5, 0.6) is 0 Å². The molecule has 0 bridgehead atoms. The molecule has 0 aliphatic rings. The lowest BCUT2D eigenvalue weighted by Gasteiger charge is -2.12. The molecule has 2 rings (SSSR count). The van der Waals surface area contributed by atoms with Crippen LogP contribution in [0, 0.1) is 0 Å². The van der Waals surface area contributed by atoms with Gasteiger partial charge in [-0.1, -0.05) is 30.3 Å². The second kappa shape index (κ2) is 6.26. The van der Waals surface area contributed by atoms with Gasteiger partial charge in [-0.2, -0.15) is 4.80 Å². The van der Waals surface area contributed by atoms with E-state index in [9.17, 15) is 0 Å². The molecule has 5 heteroatoms. The van der Waals surface area contributed by atoms with Crippen molar-refractivity contribution in [2.24, 2.45) is 7.05 Å². The maximum Gasteiger partial charge on any atom is 0.188 e. The summed E-state index contributed by atoms with van der Waals surface area (Å²) in [7, 11) is 1.77.